The normalized spacial score (nSPS) is 27.1. The maximum atomic E-state index is 14.0. The SMILES string of the molecule is O=C(CN1CC2CC(O)(Cc3cccc(F)c3F)CC2C1)c1ccc(O)cc1. The first kappa shape index (κ1) is 19.0. The van der Waals surface area contributed by atoms with E-state index in [1.165, 1.54) is 24.3 Å². The highest BCUT2D eigenvalue weighted by atomic mass is 19.2. The van der Waals surface area contributed by atoms with Crippen molar-refractivity contribution in [3.63, 3.8) is 0 Å². The number of ketones is 1. The molecule has 0 amide bonds. The number of Topliss-reactive ketones (excluding diaryl/α,β-unsaturated/α-hetero) is 1. The number of aromatic hydroxyl groups is 1. The van der Waals surface area contributed by atoms with Gasteiger partial charge in [0.1, 0.15) is 5.75 Å². The molecule has 4 rings (SSSR count). The second-order valence-corrected chi connectivity index (χ2v) is 8.21. The highest BCUT2D eigenvalue weighted by Crippen LogP contribution is 2.45. The summed E-state index contributed by atoms with van der Waals surface area (Å²) in [6, 6.07) is 10.3. The fourth-order valence-corrected chi connectivity index (χ4v) is 4.81. The van der Waals surface area contributed by atoms with Gasteiger partial charge in [-0.2, -0.15) is 0 Å². The number of carbonyl (C=O) groups excluding carboxylic acids is 1. The van der Waals surface area contributed by atoms with E-state index in [0.717, 1.165) is 6.07 Å². The van der Waals surface area contributed by atoms with Crippen LogP contribution in [-0.2, 0) is 6.42 Å². The zero-order chi connectivity index (χ0) is 19.9. The third kappa shape index (κ3) is 3.80. The number of fused-ring (bicyclic) bond motifs is 1. The van der Waals surface area contributed by atoms with Crippen molar-refractivity contribution in [1.29, 1.82) is 0 Å². The van der Waals surface area contributed by atoms with E-state index in [1.54, 1.807) is 12.1 Å². The van der Waals surface area contributed by atoms with E-state index in [1.807, 2.05) is 0 Å². The number of likely N-dealkylation sites (tertiary alicyclic amines) is 1. The Labute approximate surface area is 162 Å². The Morgan fingerprint density at radius 2 is 1.71 bits per heavy atom. The average molecular weight is 387 g/mol. The third-order valence-electron chi connectivity index (χ3n) is 6.04. The second-order valence-electron chi connectivity index (χ2n) is 8.21. The topological polar surface area (TPSA) is 60.8 Å². The molecule has 2 aromatic rings. The van der Waals surface area contributed by atoms with E-state index in [-0.39, 0.29) is 35.4 Å². The van der Waals surface area contributed by atoms with Crippen LogP contribution in [0.25, 0.3) is 0 Å². The van der Waals surface area contributed by atoms with Gasteiger partial charge in [-0.05, 0) is 60.6 Å². The minimum atomic E-state index is -1.03. The summed E-state index contributed by atoms with van der Waals surface area (Å²) in [5, 5.41) is 20.3. The molecule has 2 fully saturated rings. The average Bonchev–Trinajstić information content (AvgIpc) is 3.13. The van der Waals surface area contributed by atoms with Crippen molar-refractivity contribution < 1.29 is 23.8 Å². The molecule has 1 heterocycles. The van der Waals surface area contributed by atoms with Crippen LogP contribution in [-0.4, -0.2) is 46.1 Å². The van der Waals surface area contributed by atoms with Crippen LogP contribution in [0.3, 0.4) is 0 Å². The van der Waals surface area contributed by atoms with E-state index < -0.39 is 17.2 Å². The predicted molar refractivity (Wildman–Crippen MR) is 100 cm³/mol. The van der Waals surface area contributed by atoms with E-state index in [0.29, 0.717) is 38.0 Å². The largest absolute Gasteiger partial charge is 0.508 e. The Hall–Kier alpha value is -2.31. The van der Waals surface area contributed by atoms with Gasteiger partial charge in [-0.15, -0.1) is 0 Å². The summed E-state index contributed by atoms with van der Waals surface area (Å²) in [4.78, 5) is 14.5. The number of hydrogen-bond acceptors (Lipinski definition) is 4. The van der Waals surface area contributed by atoms with Crippen molar-refractivity contribution in [1.82, 2.24) is 4.90 Å². The number of phenols is 1. The molecule has 1 saturated heterocycles. The number of rotatable bonds is 5. The van der Waals surface area contributed by atoms with Gasteiger partial charge in [0.05, 0.1) is 12.1 Å². The minimum Gasteiger partial charge on any atom is -0.508 e. The van der Waals surface area contributed by atoms with Crippen LogP contribution >= 0.6 is 0 Å². The molecule has 2 atom stereocenters. The summed E-state index contributed by atoms with van der Waals surface area (Å²) in [5.41, 5.74) is -0.258. The smallest absolute Gasteiger partial charge is 0.176 e. The van der Waals surface area contributed by atoms with E-state index >= 15 is 0 Å². The van der Waals surface area contributed by atoms with Crippen LogP contribution in [0, 0.1) is 23.5 Å². The van der Waals surface area contributed by atoms with Gasteiger partial charge in [0.25, 0.3) is 0 Å². The molecule has 0 spiro atoms. The molecule has 28 heavy (non-hydrogen) atoms. The minimum absolute atomic E-state index is 0.00272. The Morgan fingerprint density at radius 3 is 2.36 bits per heavy atom. The summed E-state index contributed by atoms with van der Waals surface area (Å²) in [7, 11) is 0. The standard InChI is InChI=1S/C22H23F2NO3/c23-19-3-1-2-15(21(19)24)8-22(28)9-16-11-25(12-17(16)10-22)13-20(27)14-4-6-18(26)7-5-14/h1-7,16-17,26,28H,8-13H2. The quantitative estimate of drug-likeness (QED) is 0.774. The number of halogens is 2. The van der Waals surface area contributed by atoms with Gasteiger partial charge in [-0.3, -0.25) is 9.69 Å². The molecule has 0 radical (unpaired) electrons. The first-order valence-electron chi connectivity index (χ1n) is 9.53. The highest BCUT2D eigenvalue weighted by molar-refractivity contribution is 5.97. The first-order valence-corrected chi connectivity index (χ1v) is 9.53. The number of carbonyl (C=O) groups is 1. The maximum absolute atomic E-state index is 14.0. The lowest BCUT2D eigenvalue weighted by molar-refractivity contribution is 0.0346. The zero-order valence-corrected chi connectivity index (χ0v) is 15.4. The maximum Gasteiger partial charge on any atom is 0.176 e. The fraction of sp³-hybridized carbons (Fsp3) is 0.409. The van der Waals surface area contributed by atoms with Crippen LogP contribution in [0.5, 0.6) is 5.75 Å². The van der Waals surface area contributed by atoms with Crippen LogP contribution in [0.4, 0.5) is 8.78 Å². The van der Waals surface area contributed by atoms with E-state index in [2.05, 4.69) is 4.90 Å². The highest BCUT2D eigenvalue weighted by Gasteiger charge is 2.48. The summed E-state index contributed by atoms with van der Waals surface area (Å²) in [6.07, 6.45) is 1.16. The van der Waals surface area contributed by atoms with Crippen LogP contribution < -0.4 is 0 Å². The number of benzene rings is 2. The molecule has 1 saturated carbocycles. The van der Waals surface area contributed by atoms with Crippen molar-refractivity contribution in [2.24, 2.45) is 11.8 Å². The monoisotopic (exact) mass is 387 g/mol. The first-order chi connectivity index (χ1) is 13.3. The lowest BCUT2D eigenvalue weighted by atomic mass is 9.91. The molecule has 2 N–H and O–H groups in total. The van der Waals surface area contributed by atoms with Crippen LogP contribution in [0.1, 0.15) is 28.8 Å². The molecule has 6 heteroatoms. The number of hydrogen-bond donors (Lipinski definition) is 2. The number of phenolic OH excluding ortho intramolecular Hbond substituents is 1. The van der Waals surface area contributed by atoms with Crippen molar-refractivity contribution in [3.05, 3.63) is 65.2 Å². The molecule has 0 aromatic heterocycles. The van der Waals surface area contributed by atoms with Gasteiger partial charge in [-0.1, -0.05) is 12.1 Å². The molecule has 4 nitrogen and oxygen atoms in total. The van der Waals surface area contributed by atoms with Gasteiger partial charge in [0.15, 0.2) is 17.4 Å². The molecule has 1 aliphatic heterocycles. The Morgan fingerprint density at radius 1 is 1.07 bits per heavy atom. The molecular weight excluding hydrogens is 364 g/mol. The van der Waals surface area contributed by atoms with Gasteiger partial charge >= 0.3 is 0 Å². The van der Waals surface area contributed by atoms with E-state index in [9.17, 15) is 23.8 Å². The van der Waals surface area contributed by atoms with Gasteiger partial charge in [0.2, 0.25) is 0 Å². The summed E-state index contributed by atoms with van der Waals surface area (Å²) < 4.78 is 27.4. The van der Waals surface area contributed by atoms with Crippen molar-refractivity contribution in [2.45, 2.75) is 24.9 Å². The molecule has 2 unspecified atom stereocenters. The summed E-state index contributed by atoms with van der Waals surface area (Å²) in [5.74, 6) is -1.16. The Kier molecular flexibility index (Phi) is 4.93. The molecule has 148 valence electrons. The molecule has 2 aliphatic rings. The van der Waals surface area contributed by atoms with Crippen molar-refractivity contribution >= 4 is 5.78 Å². The number of nitrogens with zero attached hydrogens (tertiary/aromatic N) is 1. The van der Waals surface area contributed by atoms with Gasteiger partial charge in [-0.25, -0.2) is 8.78 Å². The zero-order valence-electron chi connectivity index (χ0n) is 15.4. The molecule has 1 aliphatic carbocycles. The summed E-state index contributed by atoms with van der Waals surface area (Å²) >= 11 is 0. The Bertz CT molecular complexity index is 870. The third-order valence-corrected chi connectivity index (χ3v) is 6.04. The fourth-order valence-electron chi connectivity index (χ4n) is 4.81. The molecular formula is C22H23F2NO3. The van der Waals surface area contributed by atoms with Crippen LogP contribution in [0.15, 0.2) is 42.5 Å². The second kappa shape index (κ2) is 7.26. The van der Waals surface area contributed by atoms with Crippen molar-refractivity contribution in [2.75, 3.05) is 19.6 Å². The lowest BCUT2D eigenvalue weighted by Crippen LogP contribution is -2.34. The molecule has 0 bridgehead atoms. The van der Waals surface area contributed by atoms with Gasteiger partial charge in [0, 0.05) is 25.1 Å². The number of aliphatic hydroxyl groups is 1. The molecule has 2 aromatic carbocycles. The summed E-state index contributed by atoms with van der Waals surface area (Å²) in [6.45, 7) is 1.72. The Balaban J connectivity index is 1.35. The van der Waals surface area contributed by atoms with E-state index in [4.69, 9.17) is 0 Å². The lowest BCUT2D eigenvalue weighted by Gasteiger charge is -2.26. The predicted octanol–water partition coefficient (Wildman–Crippen LogP) is 3.17. The van der Waals surface area contributed by atoms with Crippen molar-refractivity contribution in [3.8, 4) is 5.75 Å². The van der Waals surface area contributed by atoms with Crippen LogP contribution in [0.2, 0.25) is 0 Å². The van der Waals surface area contributed by atoms with Gasteiger partial charge < -0.3 is 10.2 Å².